The molecule has 0 radical (unpaired) electrons. The minimum Gasteiger partial charge on any atom is -0.399 e. The summed E-state index contributed by atoms with van der Waals surface area (Å²) in [7, 11) is -2.94. The number of carbonyl (C=O) groups excluding carboxylic acids is 1. The number of sulfone groups is 1. The van der Waals surface area contributed by atoms with Crippen LogP contribution in [0.1, 0.15) is 12.0 Å². The van der Waals surface area contributed by atoms with Crippen molar-refractivity contribution in [2.24, 2.45) is 0 Å². The molecule has 1 fully saturated rings. The Morgan fingerprint density at radius 2 is 1.80 bits per heavy atom. The Hall–Kier alpha value is -1.27. The maximum Gasteiger partial charge on any atom is 0.222 e. The quantitative estimate of drug-likeness (QED) is 0.839. The first-order valence-electron chi connectivity index (χ1n) is 6.29. The number of nitrogen functional groups attached to an aromatic ring is 1. The van der Waals surface area contributed by atoms with Crippen LogP contribution in [0.25, 0.3) is 0 Å². The van der Waals surface area contributed by atoms with Gasteiger partial charge in [-0.3, -0.25) is 4.79 Å². The van der Waals surface area contributed by atoms with Crippen LogP contribution in [0.2, 0.25) is 0 Å². The van der Waals surface area contributed by atoms with Crippen LogP contribution in [-0.4, -0.2) is 43.8 Å². The molecular weight excluding hydrogens is 300 g/mol. The molecule has 2 rings (SSSR count). The first-order valence-corrected chi connectivity index (χ1v) is 8.12. The molecule has 1 aliphatic heterocycles. The van der Waals surface area contributed by atoms with Gasteiger partial charge in [0.2, 0.25) is 5.91 Å². The molecule has 1 amide bonds. The van der Waals surface area contributed by atoms with E-state index in [1.807, 2.05) is 24.3 Å². The number of anilines is 1. The third-order valence-corrected chi connectivity index (χ3v) is 4.97. The SMILES string of the molecule is Cl.Nc1ccccc1CCC(=O)N1CCS(=O)(=O)CC1. The summed E-state index contributed by atoms with van der Waals surface area (Å²) in [5.41, 5.74) is 7.47. The Kier molecular flexibility index (Phi) is 5.83. The standard InChI is InChI=1S/C13H18N2O3S.ClH/c14-12-4-2-1-3-11(12)5-6-13(16)15-7-9-19(17,18)10-8-15;/h1-4H,5-10,14H2;1H. The third-order valence-electron chi connectivity index (χ3n) is 3.36. The molecule has 0 spiro atoms. The zero-order valence-corrected chi connectivity index (χ0v) is 12.8. The lowest BCUT2D eigenvalue weighted by Gasteiger charge is -2.26. The lowest BCUT2D eigenvalue weighted by Crippen LogP contribution is -2.43. The molecule has 1 aromatic rings. The smallest absolute Gasteiger partial charge is 0.222 e. The monoisotopic (exact) mass is 318 g/mol. The van der Waals surface area contributed by atoms with Gasteiger partial charge in [-0.15, -0.1) is 12.4 Å². The van der Waals surface area contributed by atoms with Gasteiger partial charge < -0.3 is 10.6 Å². The zero-order valence-electron chi connectivity index (χ0n) is 11.1. The second kappa shape index (κ2) is 6.95. The van der Waals surface area contributed by atoms with E-state index in [4.69, 9.17) is 5.73 Å². The Balaban J connectivity index is 0.00000200. The number of halogens is 1. The van der Waals surface area contributed by atoms with Crippen molar-refractivity contribution in [1.29, 1.82) is 0 Å². The predicted octanol–water partition coefficient (Wildman–Crippen LogP) is 0.880. The summed E-state index contributed by atoms with van der Waals surface area (Å²) in [6.45, 7) is 0.622. The average molecular weight is 319 g/mol. The van der Waals surface area contributed by atoms with Crippen LogP contribution in [0.5, 0.6) is 0 Å². The van der Waals surface area contributed by atoms with Crippen molar-refractivity contribution in [1.82, 2.24) is 4.90 Å². The highest BCUT2D eigenvalue weighted by atomic mass is 35.5. The van der Waals surface area contributed by atoms with E-state index in [0.717, 1.165) is 5.56 Å². The molecule has 1 saturated heterocycles. The first-order chi connectivity index (χ1) is 8.98. The summed E-state index contributed by atoms with van der Waals surface area (Å²) in [6.07, 6.45) is 0.961. The van der Waals surface area contributed by atoms with Crippen molar-refractivity contribution in [2.75, 3.05) is 30.3 Å². The van der Waals surface area contributed by atoms with Gasteiger partial charge >= 0.3 is 0 Å². The largest absolute Gasteiger partial charge is 0.399 e. The molecule has 1 aromatic carbocycles. The molecule has 0 unspecified atom stereocenters. The van der Waals surface area contributed by atoms with Crippen LogP contribution in [0.3, 0.4) is 0 Å². The molecule has 1 heterocycles. The Morgan fingerprint density at radius 3 is 2.40 bits per heavy atom. The lowest BCUT2D eigenvalue weighted by molar-refractivity contribution is -0.130. The van der Waals surface area contributed by atoms with Gasteiger partial charge in [0, 0.05) is 25.2 Å². The number of nitrogens with zero attached hydrogens (tertiary/aromatic N) is 1. The van der Waals surface area contributed by atoms with Gasteiger partial charge in [0.1, 0.15) is 0 Å². The molecule has 0 aromatic heterocycles. The van der Waals surface area contributed by atoms with Crippen LogP contribution in [0.4, 0.5) is 5.69 Å². The fourth-order valence-corrected chi connectivity index (χ4v) is 3.32. The zero-order chi connectivity index (χ0) is 13.9. The minimum absolute atomic E-state index is 0. The summed E-state index contributed by atoms with van der Waals surface area (Å²) in [5.74, 6) is 0.150. The molecule has 1 aliphatic rings. The average Bonchev–Trinajstić information content (AvgIpc) is 2.37. The Morgan fingerprint density at radius 1 is 1.20 bits per heavy atom. The summed E-state index contributed by atoms with van der Waals surface area (Å²) < 4.78 is 22.6. The highest BCUT2D eigenvalue weighted by Gasteiger charge is 2.24. The maximum atomic E-state index is 12.0. The van der Waals surface area contributed by atoms with Crippen LogP contribution in [-0.2, 0) is 21.1 Å². The molecule has 0 atom stereocenters. The number of para-hydroxylation sites is 1. The van der Waals surface area contributed by atoms with Gasteiger partial charge in [-0.2, -0.15) is 0 Å². The van der Waals surface area contributed by atoms with E-state index in [1.54, 1.807) is 4.90 Å². The Bertz CT molecular complexity index is 561. The molecule has 112 valence electrons. The number of aryl methyl sites for hydroxylation is 1. The highest BCUT2D eigenvalue weighted by molar-refractivity contribution is 7.91. The second-order valence-corrected chi connectivity index (χ2v) is 7.04. The number of hydrogen-bond acceptors (Lipinski definition) is 4. The normalized spacial score (nSPS) is 17.3. The number of rotatable bonds is 3. The molecule has 0 saturated carbocycles. The number of benzene rings is 1. The van der Waals surface area contributed by atoms with E-state index in [-0.39, 0.29) is 29.8 Å². The van der Waals surface area contributed by atoms with Crippen LogP contribution in [0, 0.1) is 0 Å². The van der Waals surface area contributed by atoms with Gasteiger partial charge in [-0.05, 0) is 18.1 Å². The van der Waals surface area contributed by atoms with Crippen LogP contribution < -0.4 is 5.73 Å². The number of amides is 1. The molecule has 2 N–H and O–H groups in total. The number of carbonyl (C=O) groups is 1. The fourth-order valence-electron chi connectivity index (χ4n) is 2.12. The van der Waals surface area contributed by atoms with Gasteiger partial charge in [0.15, 0.2) is 9.84 Å². The summed E-state index contributed by atoms with van der Waals surface area (Å²) in [6, 6.07) is 7.47. The molecule has 5 nitrogen and oxygen atoms in total. The summed E-state index contributed by atoms with van der Waals surface area (Å²) in [5, 5.41) is 0. The fraction of sp³-hybridized carbons (Fsp3) is 0.462. The summed E-state index contributed by atoms with van der Waals surface area (Å²) in [4.78, 5) is 13.6. The van der Waals surface area contributed by atoms with Crippen molar-refractivity contribution >= 4 is 33.8 Å². The number of nitrogens with two attached hydrogens (primary N) is 1. The van der Waals surface area contributed by atoms with Gasteiger partial charge in [0.25, 0.3) is 0 Å². The van der Waals surface area contributed by atoms with E-state index in [9.17, 15) is 13.2 Å². The third kappa shape index (κ3) is 4.38. The minimum atomic E-state index is -2.94. The van der Waals surface area contributed by atoms with Gasteiger partial charge in [-0.1, -0.05) is 18.2 Å². The maximum absolute atomic E-state index is 12.0. The molecule has 0 aliphatic carbocycles. The van der Waals surface area contributed by atoms with E-state index < -0.39 is 9.84 Å². The van der Waals surface area contributed by atoms with Crippen molar-refractivity contribution in [3.63, 3.8) is 0 Å². The van der Waals surface area contributed by atoms with Crippen LogP contribution in [0.15, 0.2) is 24.3 Å². The van der Waals surface area contributed by atoms with E-state index >= 15 is 0 Å². The highest BCUT2D eigenvalue weighted by Crippen LogP contribution is 2.14. The molecule has 0 bridgehead atoms. The van der Waals surface area contributed by atoms with Crippen molar-refractivity contribution < 1.29 is 13.2 Å². The van der Waals surface area contributed by atoms with Crippen LogP contribution >= 0.6 is 12.4 Å². The van der Waals surface area contributed by atoms with Crippen molar-refractivity contribution in [3.8, 4) is 0 Å². The first kappa shape index (κ1) is 16.8. The van der Waals surface area contributed by atoms with E-state index in [0.29, 0.717) is 31.6 Å². The molecular formula is C13H19ClN2O3S. The molecule has 7 heteroatoms. The predicted molar refractivity (Wildman–Crippen MR) is 81.7 cm³/mol. The lowest BCUT2D eigenvalue weighted by atomic mass is 10.1. The van der Waals surface area contributed by atoms with Gasteiger partial charge in [0.05, 0.1) is 11.5 Å². The molecule has 20 heavy (non-hydrogen) atoms. The van der Waals surface area contributed by atoms with Crippen molar-refractivity contribution in [2.45, 2.75) is 12.8 Å². The van der Waals surface area contributed by atoms with E-state index in [2.05, 4.69) is 0 Å². The Labute approximate surface area is 125 Å². The van der Waals surface area contributed by atoms with Crippen molar-refractivity contribution in [3.05, 3.63) is 29.8 Å². The number of hydrogen-bond donors (Lipinski definition) is 1. The van der Waals surface area contributed by atoms with E-state index in [1.165, 1.54) is 0 Å². The topological polar surface area (TPSA) is 80.5 Å². The van der Waals surface area contributed by atoms with Gasteiger partial charge in [-0.25, -0.2) is 8.42 Å². The summed E-state index contributed by atoms with van der Waals surface area (Å²) >= 11 is 0. The second-order valence-electron chi connectivity index (χ2n) is 4.73.